The number of rotatable bonds is 9. The first-order valence-corrected chi connectivity index (χ1v) is 9.85. The number of carbonyl (C=O) groups is 1. The molecule has 0 bridgehead atoms. The molecular weight excluding hydrogens is 386 g/mol. The SMILES string of the molecule is COCCOc1cc(NS(=O)(=O)c2ccc(C)cc2C)c(C(=O)O)cc1OC. The second kappa shape index (κ2) is 8.94. The van der Waals surface area contributed by atoms with E-state index in [0.717, 1.165) is 5.56 Å². The van der Waals surface area contributed by atoms with Crippen molar-refractivity contribution >= 4 is 21.7 Å². The highest BCUT2D eigenvalue weighted by Crippen LogP contribution is 2.35. The zero-order valence-electron chi connectivity index (χ0n) is 16.1. The molecule has 0 aliphatic carbocycles. The van der Waals surface area contributed by atoms with E-state index in [1.165, 1.54) is 32.4 Å². The Morgan fingerprint density at radius 1 is 1.07 bits per heavy atom. The van der Waals surface area contributed by atoms with E-state index in [-0.39, 0.29) is 34.3 Å². The van der Waals surface area contributed by atoms with Gasteiger partial charge in [-0.15, -0.1) is 0 Å². The molecule has 2 aromatic rings. The van der Waals surface area contributed by atoms with Crippen molar-refractivity contribution in [2.24, 2.45) is 0 Å². The summed E-state index contributed by atoms with van der Waals surface area (Å²) in [7, 11) is -1.14. The van der Waals surface area contributed by atoms with Crippen LogP contribution < -0.4 is 14.2 Å². The maximum Gasteiger partial charge on any atom is 0.337 e. The van der Waals surface area contributed by atoms with Crippen molar-refractivity contribution in [3.63, 3.8) is 0 Å². The summed E-state index contributed by atoms with van der Waals surface area (Å²) in [5.74, 6) is -0.939. The number of anilines is 1. The number of methoxy groups -OCH3 is 2. The molecule has 0 heterocycles. The average molecular weight is 409 g/mol. The van der Waals surface area contributed by atoms with Crippen molar-refractivity contribution in [2.45, 2.75) is 18.7 Å². The Morgan fingerprint density at radius 3 is 2.36 bits per heavy atom. The molecule has 2 aromatic carbocycles. The Labute approximate surface area is 164 Å². The number of ether oxygens (including phenoxy) is 3. The second-order valence-corrected chi connectivity index (χ2v) is 7.72. The fraction of sp³-hybridized carbons (Fsp3) is 0.316. The molecule has 0 saturated carbocycles. The van der Waals surface area contributed by atoms with Gasteiger partial charge in [0.1, 0.15) is 6.61 Å². The normalized spacial score (nSPS) is 11.1. The maximum atomic E-state index is 12.8. The highest BCUT2D eigenvalue weighted by molar-refractivity contribution is 7.92. The molecule has 0 amide bonds. The minimum atomic E-state index is -4.01. The summed E-state index contributed by atoms with van der Waals surface area (Å²) in [6.07, 6.45) is 0. The lowest BCUT2D eigenvalue weighted by Crippen LogP contribution is -2.17. The molecular formula is C19H23NO7S. The lowest BCUT2D eigenvalue weighted by atomic mass is 10.1. The molecule has 152 valence electrons. The summed E-state index contributed by atoms with van der Waals surface area (Å²) >= 11 is 0. The molecule has 0 aliphatic heterocycles. The third kappa shape index (κ3) is 4.93. The highest BCUT2D eigenvalue weighted by atomic mass is 32.2. The molecule has 28 heavy (non-hydrogen) atoms. The number of hydrogen-bond acceptors (Lipinski definition) is 6. The lowest BCUT2D eigenvalue weighted by molar-refractivity contribution is 0.0697. The van der Waals surface area contributed by atoms with E-state index < -0.39 is 16.0 Å². The van der Waals surface area contributed by atoms with Crippen LogP contribution in [0, 0.1) is 13.8 Å². The Balaban J connectivity index is 2.49. The highest BCUT2D eigenvalue weighted by Gasteiger charge is 2.23. The van der Waals surface area contributed by atoms with Crippen LogP contribution in [0.5, 0.6) is 11.5 Å². The Bertz CT molecular complexity index is 970. The smallest absolute Gasteiger partial charge is 0.337 e. The van der Waals surface area contributed by atoms with Gasteiger partial charge in [0.2, 0.25) is 0 Å². The molecule has 0 aliphatic rings. The van der Waals surface area contributed by atoms with Gasteiger partial charge >= 0.3 is 5.97 Å². The maximum absolute atomic E-state index is 12.8. The number of carboxylic acids is 1. The zero-order chi connectivity index (χ0) is 20.9. The molecule has 2 rings (SSSR count). The van der Waals surface area contributed by atoms with Crippen LogP contribution in [0.2, 0.25) is 0 Å². The third-order valence-electron chi connectivity index (χ3n) is 3.94. The quantitative estimate of drug-likeness (QED) is 0.613. The van der Waals surface area contributed by atoms with Crippen molar-refractivity contribution in [1.82, 2.24) is 0 Å². The number of sulfonamides is 1. The second-order valence-electron chi connectivity index (χ2n) is 6.07. The predicted octanol–water partition coefficient (Wildman–Crippen LogP) is 2.84. The van der Waals surface area contributed by atoms with Crippen molar-refractivity contribution in [1.29, 1.82) is 0 Å². The van der Waals surface area contributed by atoms with Crippen LogP contribution in [0.1, 0.15) is 21.5 Å². The van der Waals surface area contributed by atoms with E-state index in [1.54, 1.807) is 19.1 Å². The first-order valence-electron chi connectivity index (χ1n) is 8.36. The minimum absolute atomic E-state index is 0.0621. The van der Waals surface area contributed by atoms with Gasteiger partial charge in [-0.05, 0) is 25.5 Å². The Hall–Kier alpha value is -2.78. The fourth-order valence-corrected chi connectivity index (χ4v) is 3.93. The van der Waals surface area contributed by atoms with Crippen molar-refractivity contribution in [3.05, 3.63) is 47.0 Å². The van der Waals surface area contributed by atoms with E-state index in [4.69, 9.17) is 14.2 Å². The molecule has 0 aromatic heterocycles. The standard InChI is InChI=1S/C19H23NO7S/c1-12-5-6-18(13(2)9-12)28(23,24)20-15-11-17(27-8-7-25-3)16(26-4)10-14(15)19(21)22/h5-6,9-11,20H,7-8H2,1-4H3,(H,21,22). The lowest BCUT2D eigenvalue weighted by Gasteiger charge is -2.16. The van der Waals surface area contributed by atoms with Gasteiger partial charge in [0.05, 0.1) is 29.9 Å². The van der Waals surface area contributed by atoms with Crippen molar-refractivity contribution < 1.29 is 32.5 Å². The van der Waals surface area contributed by atoms with Crippen molar-refractivity contribution in [2.75, 3.05) is 32.2 Å². The number of hydrogen-bond donors (Lipinski definition) is 2. The van der Waals surface area contributed by atoms with Crippen LogP contribution >= 0.6 is 0 Å². The van der Waals surface area contributed by atoms with Gasteiger partial charge in [0, 0.05) is 19.2 Å². The largest absolute Gasteiger partial charge is 0.493 e. The fourth-order valence-electron chi connectivity index (χ4n) is 2.63. The van der Waals surface area contributed by atoms with Crippen LogP contribution in [-0.4, -0.2) is 46.9 Å². The number of aromatic carboxylic acids is 1. The summed E-state index contributed by atoms with van der Waals surface area (Å²) in [6.45, 7) is 4.01. The van der Waals surface area contributed by atoms with Gasteiger partial charge < -0.3 is 19.3 Å². The molecule has 0 fully saturated rings. The van der Waals surface area contributed by atoms with Gasteiger partial charge in [0.15, 0.2) is 11.5 Å². The molecule has 0 radical (unpaired) electrons. The van der Waals surface area contributed by atoms with Crippen molar-refractivity contribution in [3.8, 4) is 11.5 Å². The molecule has 9 heteroatoms. The average Bonchev–Trinajstić information content (AvgIpc) is 2.61. The monoisotopic (exact) mass is 409 g/mol. The molecule has 0 saturated heterocycles. The van der Waals surface area contributed by atoms with Gasteiger partial charge in [-0.25, -0.2) is 13.2 Å². The van der Waals surface area contributed by atoms with Crippen LogP contribution in [0.15, 0.2) is 35.2 Å². The summed E-state index contributed by atoms with van der Waals surface area (Å²) in [5.41, 5.74) is 1.08. The third-order valence-corrected chi connectivity index (χ3v) is 5.47. The number of nitrogens with one attached hydrogen (secondary N) is 1. The van der Waals surface area contributed by atoms with E-state index >= 15 is 0 Å². The first kappa shape index (κ1) is 21.5. The Kier molecular flexibility index (Phi) is 6.87. The summed E-state index contributed by atoms with van der Waals surface area (Å²) in [6, 6.07) is 7.39. The predicted molar refractivity (Wildman–Crippen MR) is 104 cm³/mol. The Morgan fingerprint density at radius 2 is 1.79 bits per heavy atom. The van der Waals surface area contributed by atoms with Crippen LogP contribution in [-0.2, 0) is 14.8 Å². The van der Waals surface area contributed by atoms with Crippen LogP contribution in [0.25, 0.3) is 0 Å². The minimum Gasteiger partial charge on any atom is -0.493 e. The summed E-state index contributed by atoms with van der Waals surface area (Å²) in [4.78, 5) is 11.7. The van der Waals surface area contributed by atoms with Gasteiger partial charge in [-0.3, -0.25) is 4.72 Å². The summed E-state index contributed by atoms with van der Waals surface area (Å²) < 4.78 is 43.6. The summed E-state index contributed by atoms with van der Waals surface area (Å²) in [5, 5.41) is 9.50. The molecule has 0 spiro atoms. The van der Waals surface area contributed by atoms with E-state index in [1.807, 2.05) is 6.92 Å². The van der Waals surface area contributed by atoms with Gasteiger partial charge in [-0.1, -0.05) is 17.7 Å². The van der Waals surface area contributed by atoms with E-state index in [2.05, 4.69) is 4.72 Å². The number of carboxylic acid groups (broad SMARTS) is 1. The van der Waals surface area contributed by atoms with Crippen LogP contribution in [0.3, 0.4) is 0 Å². The van der Waals surface area contributed by atoms with E-state index in [9.17, 15) is 18.3 Å². The molecule has 0 atom stereocenters. The molecule has 0 unspecified atom stereocenters. The van der Waals surface area contributed by atoms with Crippen LogP contribution in [0.4, 0.5) is 5.69 Å². The van der Waals surface area contributed by atoms with Gasteiger partial charge in [-0.2, -0.15) is 0 Å². The van der Waals surface area contributed by atoms with E-state index in [0.29, 0.717) is 12.2 Å². The molecule has 2 N–H and O–H groups in total. The number of benzene rings is 2. The zero-order valence-corrected chi connectivity index (χ0v) is 16.9. The number of aryl methyl sites for hydroxylation is 2. The topological polar surface area (TPSA) is 111 Å². The van der Waals surface area contributed by atoms with Gasteiger partial charge in [0.25, 0.3) is 10.0 Å². The first-order chi connectivity index (χ1) is 13.2. The molecule has 8 nitrogen and oxygen atoms in total.